The fraction of sp³-hybridized carbons (Fsp3) is 0.0769. The summed E-state index contributed by atoms with van der Waals surface area (Å²) in [4.78, 5) is 10.9. The van der Waals surface area contributed by atoms with E-state index in [9.17, 15) is 4.79 Å². The summed E-state index contributed by atoms with van der Waals surface area (Å²) in [5, 5.41) is 15.4. The third-order valence-electron chi connectivity index (χ3n) is 2.60. The summed E-state index contributed by atoms with van der Waals surface area (Å²) in [6.45, 7) is 9.63. The number of carboxylic acid groups (broad SMARTS) is 1. The third-order valence-corrected chi connectivity index (χ3v) is 2.60. The van der Waals surface area contributed by atoms with Gasteiger partial charge in [-0.05, 0) is 0 Å². The number of nitrogens with zero attached hydrogens (tertiary/aromatic N) is 1. The van der Waals surface area contributed by atoms with Gasteiger partial charge in [0.25, 0.3) is 5.97 Å². The molecule has 91 valence electrons. The van der Waals surface area contributed by atoms with Crippen molar-refractivity contribution in [1.29, 1.82) is 0 Å². The number of aryl methyl sites for hydroxylation is 1. The van der Waals surface area contributed by atoms with Gasteiger partial charge in [0.2, 0.25) is 0 Å². The Labute approximate surface area is 131 Å². The molecule has 0 fully saturated rings. The molecule has 2 rings (SSSR count). The molecule has 18 heavy (non-hydrogen) atoms. The van der Waals surface area contributed by atoms with Gasteiger partial charge in [-0.3, -0.25) is 9.89 Å². The third kappa shape index (κ3) is 2.60. The van der Waals surface area contributed by atoms with Crippen molar-refractivity contribution >= 4 is 5.97 Å². The van der Waals surface area contributed by atoms with Gasteiger partial charge in [0.05, 0.1) is 0 Å². The Bertz CT molecular complexity index is 591. The number of H-pyrrole nitrogens is 1. The van der Waals surface area contributed by atoms with Crippen molar-refractivity contribution in [3.63, 3.8) is 0 Å². The van der Waals surface area contributed by atoms with Gasteiger partial charge in [-0.1, -0.05) is 18.7 Å². The van der Waals surface area contributed by atoms with E-state index in [-0.39, 0.29) is 38.4 Å². The zero-order valence-corrected chi connectivity index (χ0v) is 12.9. The summed E-state index contributed by atoms with van der Waals surface area (Å²) in [7, 11) is 0. The molecular weight excluding hydrogens is 305 g/mol. The predicted molar refractivity (Wildman–Crippen MR) is 64.6 cm³/mol. The van der Waals surface area contributed by atoms with Crippen LogP contribution in [0.4, 0.5) is 0 Å². The number of hydrogen-bond acceptors (Lipinski definition) is 2. The Morgan fingerprint density at radius 1 is 1.39 bits per heavy atom. The van der Waals surface area contributed by atoms with Gasteiger partial charge in [-0.25, -0.2) is 0 Å². The molecular formula is C13H12N2O2Y-2. The summed E-state index contributed by atoms with van der Waals surface area (Å²) in [6, 6.07) is 5.72. The molecule has 4 nitrogen and oxygen atoms in total. The van der Waals surface area contributed by atoms with Crippen LogP contribution in [0.15, 0.2) is 18.2 Å². The van der Waals surface area contributed by atoms with Crippen molar-refractivity contribution in [3.05, 3.63) is 54.4 Å². The maximum Gasteiger partial charge on any atom is 0.296 e. The minimum atomic E-state index is -1.06. The number of nitrogens with one attached hydrogen (secondary N) is 1. The molecule has 1 aromatic heterocycles. The van der Waals surface area contributed by atoms with Crippen LogP contribution in [0.5, 0.6) is 0 Å². The largest absolute Gasteiger partial charge is 0.486 e. The molecule has 0 aliphatic carbocycles. The maximum atomic E-state index is 10.9. The number of benzene rings is 1. The zero-order chi connectivity index (χ0) is 12.6. The topological polar surface area (TPSA) is 66.0 Å². The summed E-state index contributed by atoms with van der Waals surface area (Å²) < 4.78 is 0. The second kappa shape index (κ2) is 5.59. The Balaban J connectivity index is 0.00000162. The number of hydrogen-bond donors (Lipinski definition) is 2. The molecule has 2 N–H and O–H groups in total. The summed E-state index contributed by atoms with van der Waals surface area (Å²) in [5.74, 6) is -1.06. The van der Waals surface area contributed by atoms with E-state index in [0.717, 1.165) is 16.7 Å². The maximum absolute atomic E-state index is 10.9. The second-order valence-electron chi connectivity index (χ2n) is 3.89. The molecule has 1 heterocycles. The van der Waals surface area contributed by atoms with E-state index in [1.54, 1.807) is 0 Å². The number of carbonyl (C=O) groups is 1. The van der Waals surface area contributed by atoms with Crippen LogP contribution in [0.3, 0.4) is 0 Å². The molecule has 1 aromatic carbocycles. The fourth-order valence-corrected chi connectivity index (χ4v) is 1.72. The Morgan fingerprint density at radius 3 is 2.56 bits per heavy atom. The van der Waals surface area contributed by atoms with Crippen molar-refractivity contribution in [1.82, 2.24) is 10.2 Å². The summed E-state index contributed by atoms with van der Waals surface area (Å²) in [6.07, 6.45) is 0. The molecule has 0 saturated carbocycles. The van der Waals surface area contributed by atoms with E-state index in [1.165, 1.54) is 0 Å². The molecule has 0 amide bonds. The fourth-order valence-electron chi connectivity index (χ4n) is 1.72. The van der Waals surface area contributed by atoms with Gasteiger partial charge in [-0.2, -0.15) is 31.0 Å². The summed E-state index contributed by atoms with van der Waals surface area (Å²) in [5.41, 5.74) is 3.62. The molecule has 2 aromatic rings. The van der Waals surface area contributed by atoms with Crippen molar-refractivity contribution in [2.24, 2.45) is 0 Å². The predicted octanol–water partition coefficient (Wildman–Crippen LogP) is 2.45. The summed E-state index contributed by atoms with van der Waals surface area (Å²) >= 11 is 0. The van der Waals surface area contributed by atoms with Crippen LogP contribution in [0, 0.1) is 20.8 Å². The molecule has 0 spiro atoms. The van der Waals surface area contributed by atoms with Crippen LogP contribution in [0.25, 0.3) is 11.3 Å². The molecule has 0 unspecified atom stereocenters. The van der Waals surface area contributed by atoms with Crippen molar-refractivity contribution in [2.45, 2.75) is 6.92 Å². The van der Waals surface area contributed by atoms with Gasteiger partial charge < -0.3 is 10.2 Å². The van der Waals surface area contributed by atoms with E-state index in [4.69, 9.17) is 5.11 Å². The molecule has 0 saturated heterocycles. The van der Waals surface area contributed by atoms with Gasteiger partial charge in [-0.15, -0.1) is 17.2 Å². The second-order valence-corrected chi connectivity index (χ2v) is 3.89. The molecule has 0 bridgehead atoms. The van der Waals surface area contributed by atoms with Crippen LogP contribution in [0.2, 0.25) is 0 Å². The van der Waals surface area contributed by atoms with Crippen molar-refractivity contribution in [3.8, 4) is 11.3 Å². The van der Waals surface area contributed by atoms with Crippen LogP contribution in [-0.2, 0) is 32.7 Å². The Kier molecular flexibility index (Phi) is 4.60. The van der Waals surface area contributed by atoms with Gasteiger partial charge in [0.1, 0.15) is 0 Å². The first-order valence-electron chi connectivity index (χ1n) is 5.07. The van der Waals surface area contributed by atoms with Gasteiger partial charge >= 0.3 is 0 Å². The van der Waals surface area contributed by atoms with Crippen LogP contribution in [-0.4, -0.2) is 21.3 Å². The van der Waals surface area contributed by atoms with Crippen LogP contribution < -0.4 is 0 Å². The number of aromatic amines is 1. The smallest absolute Gasteiger partial charge is 0.296 e. The van der Waals surface area contributed by atoms with E-state index in [2.05, 4.69) is 24.0 Å². The first-order valence-corrected chi connectivity index (χ1v) is 5.07. The molecule has 5 heteroatoms. The molecule has 0 aliphatic rings. The van der Waals surface area contributed by atoms with Crippen LogP contribution >= 0.6 is 0 Å². The van der Waals surface area contributed by atoms with Gasteiger partial charge in [0, 0.05) is 38.4 Å². The standard InChI is InChI=1S/C13H12N2O2.Y/c1-7-4-5-10(8(2)6-7)11-9(3)12(13(16)17)15-14-11;/h4-6H,2-3H2,1H3,(H,14,15)(H,16,17);/q-2;. The molecule has 0 atom stereocenters. The molecule has 1 radical (unpaired) electrons. The van der Waals surface area contributed by atoms with Crippen molar-refractivity contribution < 1.29 is 42.6 Å². The van der Waals surface area contributed by atoms with E-state index >= 15 is 0 Å². The average Bonchev–Trinajstić information content (AvgIpc) is 2.60. The Hall–Kier alpha value is -1.26. The monoisotopic (exact) mass is 317 g/mol. The first-order chi connectivity index (χ1) is 8.00. The van der Waals surface area contributed by atoms with E-state index in [1.807, 2.05) is 25.1 Å². The normalized spacial score (nSPS) is 9.83. The number of aromatic carboxylic acids is 1. The minimum absolute atomic E-state index is 0. The molecule has 0 aliphatic heterocycles. The SMILES string of the molecule is [CH2-]c1cc(C)ccc1-c1n[nH]c(C(=O)O)c1[CH2-].[Y]. The number of rotatable bonds is 2. The minimum Gasteiger partial charge on any atom is -0.486 e. The van der Waals surface area contributed by atoms with E-state index < -0.39 is 5.97 Å². The van der Waals surface area contributed by atoms with Crippen molar-refractivity contribution in [2.75, 3.05) is 0 Å². The van der Waals surface area contributed by atoms with Gasteiger partial charge in [0.15, 0.2) is 0 Å². The Morgan fingerprint density at radius 2 is 2.06 bits per heavy atom. The number of carboxylic acids is 1. The number of aromatic nitrogens is 2. The van der Waals surface area contributed by atoms with Crippen LogP contribution in [0.1, 0.15) is 27.2 Å². The quantitative estimate of drug-likeness (QED) is 0.836. The zero-order valence-electron chi connectivity index (χ0n) is 10.0. The van der Waals surface area contributed by atoms with E-state index in [0.29, 0.717) is 11.3 Å². The average molecular weight is 317 g/mol. The first kappa shape index (κ1) is 14.8.